The maximum absolute atomic E-state index is 12.7. The van der Waals surface area contributed by atoms with Gasteiger partial charge in [-0.3, -0.25) is 4.79 Å². The van der Waals surface area contributed by atoms with Gasteiger partial charge in [-0.2, -0.15) is 0 Å². The highest BCUT2D eigenvalue weighted by molar-refractivity contribution is 7.99. The number of fused-ring (bicyclic) bond motifs is 1. The number of aryl methyl sites for hydroxylation is 1. The smallest absolute Gasteiger partial charge is 0.277 e. The number of rotatable bonds is 4. The van der Waals surface area contributed by atoms with E-state index in [1.807, 2.05) is 54.3 Å². The Morgan fingerprint density at radius 1 is 1.19 bits per heavy atom. The lowest BCUT2D eigenvalue weighted by molar-refractivity contribution is -0.116. The largest absolute Gasteiger partial charge is 0.411 e. The minimum atomic E-state index is 0.0584. The van der Waals surface area contributed by atoms with Gasteiger partial charge in [0.1, 0.15) is 0 Å². The average molecular weight is 365 g/mol. The first-order valence-corrected chi connectivity index (χ1v) is 9.54. The standard InChI is InChI=1S/C20H19N3O2S/c1-13-7-3-5-9-16(13)19-21-22-20(25-19)26-12-18(24)23-14(2)11-15-8-4-6-10-17(15)23/h3-10,14H,11-12H2,1-2H3. The molecule has 3 aromatic rings. The average Bonchev–Trinajstić information content (AvgIpc) is 3.23. The molecule has 1 atom stereocenters. The Morgan fingerprint density at radius 3 is 2.81 bits per heavy atom. The molecule has 4 rings (SSSR count). The molecule has 1 aromatic heterocycles. The van der Waals surface area contributed by atoms with Crippen LogP contribution in [0, 0.1) is 6.92 Å². The number of nitrogens with zero attached hydrogens (tertiary/aromatic N) is 3. The highest BCUT2D eigenvalue weighted by Gasteiger charge is 2.30. The van der Waals surface area contributed by atoms with E-state index >= 15 is 0 Å². The molecule has 2 heterocycles. The molecule has 1 amide bonds. The van der Waals surface area contributed by atoms with Crippen molar-refractivity contribution in [2.75, 3.05) is 10.7 Å². The van der Waals surface area contributed by atoms with Crippen LogP contribution in [0.2, 0.25) is 0 Å². The van der Waals surface area contributed by atoms with Crippen LogP contribution >= 0.6 is 11.8 Å². The number of anilines is 1. The summed E-state index contributed by atoms with van der Waals surface area (Å²) in [6.07, 6.45) is 0.893. The molecule has 0 N–H and O–H groups in total. The summed E-state index contributed by atoms with van der Waals surface area (Å²) in [5, 5.41) is 8.60. The van der Waals surface area contributed by atoms with E-state index in [1.165, 1.54) is 17.3 Å². The number of carbonyl (C=O) groups excluding carboxylic acids is 1. The quantitative estimate of drug-likeness (QED) is 0.651. The number of amides is 1. The molecule has 132 valence electrons. The van der Waals surface area contributed by atoms with Gasteiger partial charge in [0.25, 0.3) is 5.22 Å². The van der Waals surface area contributed by atoms with Crippen molar-refractivity contribution in [3.63, 3.8) is 0 Å². The summed E-state index contributed by atoms with van der Waals surface area (Å²) >= 11 is 1.28. The monoisotopic (exact) mass is 365 g/mol. The van der Waals surface area contributed by atoms with Gasteiger partial charge in [-0.25, -0.2) is 0 Å². The molecule has 0 radical (unpaired) electrons. The second-order valence-electron chi connectivity index (χ2n) is 6.42. The molecule has 0 spiro atoms. The van der Waals surface area contributed by atoms with Crippen molar-refractivity contribution in [3.8, 4) is 11.5 Å². The lowest BCUT2D eigenvalue weighted by Crippen LogP contribution is -2.36. The highest BCUT2D eigenvalue weighted by Crippen LogP contribution is 2.33. The van der Waals surface area contributed by atoms with Crippen LogP contribution in [0.4, 0.5) is 5.69 Å². The Hall–Kier alpha value is -2.60. The van der Waals surface area contributed by atoms with E-state index in [1.54, 1.807) is 0 Å². The van der Waals surface area contributed by atoms with Crippen LogP contribution < -0.4 is 4.90 Å². The first-order valence-electron chi connectivity index (χ1n) is 8.56. The fraction of sp³-hybridized carbons (Fsp3) is 0.250. The second-order valence-corrected chi connectivity index (χ2v) is 7.35. The first kappa shape index (κ1) is 16.8. The summed E-state index contributed by atoms with van der Waals surface area (Å²) in [7, 11) is 0. The minimum Gasteiger partial charge on any atom is -0.411 e. The van der Waals surface area contributed by atoms with E-state index in [-0.39, 0.29) is 17.7 Å². The lowest BCUT2D eigenvalue weighted by atomic mass is 10.1. The van der Waals surface area contributed by atoms with Gasteiger partial charge in [0.05, 0.1) is 5.75 Å². The summed E-state index contributed by atoms with van der Waals surface area (Å²) in [6, 6.07) is 16.1. The second kappa shape index (κ2) is 6.96. The van der Waals surface area contributed by atoms with Gasteiger partial charge >= 0.3 is 0 Å². The molecule has 6 heteroatoms. The maximum atomic E-state index is 12.7. The molecule has 5 nitrogen and oxygen atoms in total. The van der Waals surface area contributed by atoms with Gasteiger partial charge < -0.3 is 9.32 Å². The Kier molecular flexibility index (Phi) is 4.51. The van der Waals surface area contributed by atoms with Gasteiger partial charge in [0.2, 0.25) is 11.8 Å². The van der Waals surface area contributed by atoms with Gasteiger partial charge in [-0.05, 0) is 43.5 Å². The molecule has 1 aliphatic rings. The van der Waals surface area contributed by atoms with Gasteiger partial charge in [-0.1, -0.05) is 48.2 Å². The number of para-hydroxylation sites is 1. The van der Waals surface area contributed by atoms with E-state index in [0.29, 0.717) is 11.1 Å². The number of aromatic nitrogens is 2. The molecule has 0 bridgehead atoms. The number of thioether (sulfide) groups is 1. The fourth-order valence-corrected chi connectivity index (χ4v) is 3.95. The van der Waals surface area contributed by atoms with Crippen LogP contribution in [-0.2, 0) is 11.2 Å². The molecular weight excluding hydrogens is 346 g/mol. The van der Waals surface area contributed by atoms with E-state index in [9.17, 15) is 4.79 Å². The van der Waals surface area contributed by atoms with Crippen LogP contribution in [-0.4, -0.2) is 27.9 Å². The van der Waals surface area contributed by atoms with E-state index in [0.717, 1.165) is 23.2 Å². The predicted molar refractivity (Wildman–Crippen MR) is 102 cm³/mol. The zero-order chi connectivity index (χ0) is 18.1. The first-order chi connectivity index (χ1) is 12.6. The Labute approximate surface area is 156 Å². The third-order valence-electron chi connectivity index (χ3n) is 4.58. The van der Waals surface area contributed by atoms with E-state index in [2.05, 4.69) is 23.2 Å². The fourth-order valence-electron chi connectivity index (χ4n) is 3.33. The Balaban J connectivity index is 1.45. The molecule has 0 saturated carbocycles. The predicted octanol–water partition coefficient (Wildman–Crippen LogP) is 4.11. The van der Waals surface area contributed by atoms with Crippen molar-refractivity contribution in [1.82, 2.24) is 10.2 Å². The van der Waals surface area contributed by atoms with Gasteiger partial charge in [0, 0.05) is 17.3 Å². The normalized spacial score (nSPS) is 15.9. The van der Waals surface area contributed by atoms with Crippen molar-refractivity contribution in [2.45, 2.75) is 31.5 Å². The summed E-state index contributed by atoms with van der Waals surface area (Å²) in [5.41, 5.74) is 4.22. The third kappa shape index (κ3) is 3.12. The van der Waals surface area contributed by atoms with Crippen molar-refractivity contribution < 1.29 is 9.21 Å². The molecule has 1 unspecified atom stereocenters. The Bertz CT molecular complexity index is 953. The minimum absolute atomic E-state index is 0.0584. The molecule has 0 fully saturated rings. The number of hydrogen-bond acceptors (Lipinski definition) is 5. The summed E-state index contributed by atoms with van der Waals surface area (Å²) < 4.78 is 5.73. The van der Waals surface area contributed by atoms with Crippen molar-refractivity contribution in [2.24, 2.45) is 0 Å². The maximum Gasteiger partial charge on any atom is 0.277 e. The van der Waals surface area contributed by atoms with Crippen LogP contribution in [0.15, 0.2) is 58.2 Å². The molecule has 2 aromatic carbocycles. The molecular formula is C20H19N3O2S. The summed E-state index contributed by atoms with van der Waals surface area (Å²) in [4.78, 5) is 14.6. The molecule has 0 aliphatic carbocycles. The van der Waals surface area contributed by atoms with Crippen LogP contribution in [0.3, 0.4) is 0 Å². The number of carbonyl (C=O) groups is 1. The number of benzene rings is 2. The van der Waals surface area contributed by atoms with E-state index < -0.39 is 0 Å². The summed E-state index contributed by atoms with van der Waals surface area (Å²) in [5.74, 6) is 0.815. The molecule has 1 aliphatic heterocycles. The zero-order valence-corrected chi connectivity index (χ0v) is 15.5. The van der Waals surface area contributed by atoms with Crippen LogP contribution in [0.25, 0.3) is 11.5 Å². The lowest BCUT2D eigenvalue weighted by Gasteiger charge is -2.22. The molecule has 26 heavy (non-hydrogen) atoms. The summed E-state index contributed by atoms with van der Waals surface area (Å²) in [6.45, 7) is 4.08. The van der Waals surface area contributed by atoms with Crippen LogP contribution in [0.5, 0.6) is 0 Å². The molecule has 0 saturated heterocycles. The van der Waals surface area contributed by atoms with Gasteiger partial charge in [0.15, 0.2) is 0 Å². The van der Waals surface area contributed by atoms with Crippen LogP contribution in [0.1, 0.15) is 18.1 Å². The van der Waals surface area contributed by atoms with Crippen molar-refractivity contribution in [3.05, 3.63) is 59.7 Å². The third-order valence-corrected chi connectivity index (χ3v) is 5.38. The highest BCUT2D eigenvalue weighted by atomic mass is 32.2. The SMILES string of the molecule is Cc1ccccc1-c1nnc(SCC(=O)N2c3ccccc3CC2C)o1. The van der Waals surface area contributed by atoms with Crippen molar-refractivity contribution in [1.29, 1.82) is 0 Å². The number of hydrogen-bond donors (Lipinski definition) is 0. The Morgan fingerprint density at radius 2 is 1.96 bits per heavy atom. The van der Waals surface area contributed by atoms with Gasteiger partial charge in [-0.15, -0.1) is 10.2 Å². The van der Waals surface area contributed by atoms with E-state index in [4.69, 9.17) is 4.42 Å². The van der Waals surface area contributed by atoms with Crippen molar-refractivity contribution >= 4 is 23.4 Å². The topological polar surface area (TPSA) is 59.2 Å². The zero-order valence-electron chi connectivity index (χ0n) is 14.7.